The van der Waals surface area contributed by atoms with Crippen molar-refractivity contribution in [3.8, 4) is 0 Å². The Balaban J connectivity index is 2.13. The number of fused-ring (bicyclic) bond motifs is 1. The summed E-state index contributed by atoms with van der Waals surface area (Å²) in [6.45, 7) is 11.3. The largest absolute Gasteiger partial charge is 0.443 e. The summed E-state index contributed by atoms with van der Waals surface area (Å²) < 4.78 is 5.78. The van der Waals surface area contributed by atoms with Gasteiger partial charge in [0.1, 0.15) is 10.8 Å². The number of aromatic nitrogens is 2. The summed E-state index contributed by atoms with van der Waals surface area (Å²) in [5, 5.41) is 0.467. The second-order valence-electron chi connectivity index (χ2n) is 8.67. The summed E-state index contributed by atoms with van der Waals surface area (Å²) in [4.78, 5) is 25.0. The van der Waals surface area contributed by atoms with Gasteiger partial charge < -0.3 is 14.5 Å². The van der Waals surface area contributed by atoms with Gasteiger partial charge in [-0.3, -0.25) is 0 Å². The molecular weight excluding hydrogens is 340 g/mol. The number of halogens is 1. The number of ether oxygens (including phenoxy) is 1. The van der Waals surface area contributed by atoms with Crippen molar-refractivity contribution in [3.05, 3.63) is 16.4 Å². The van der Waals surface area contributed by atoms with Crippen LogP contribution in [0.25, 0.3) is 0 Å². The first-order valence-corrected chi connectivity index (χ1v) is 8.96. The highest BCUT2D eigenvalue weighted by Crippen LogP contribution is 2.31. The molecule has 0 N–H and O–H groups in total. The van der Waals surface area contributed by atoms with Crippen molar-refractivity contribution in [2.45, 2.75) is 59.6 Å². The minimum atomic E-state index is -0.520. The van der Waals surface area contributed by atoms with Crippen LogP contribution in [0.4, 0.5) is 10.7 Å². The van der Waals surface area contributed by atoms with E-state index in [2.05, 4.69) is 30.7 Å². The van der Waals surface area contributed by atoms with E-state index in [9.17, 15) is 4.79 Å². The predicted molar refractivity (Wildman–Crippen MR) is 100 cm³/mol. The Labute approximate surface area is 155 Å². The van der Waals surface area contributed by atoms with E-state index in [1.807, 2.05) is 27.9 Å². The maximum absolute atomic E-state index is 12.6. The first-order valence-electron chi connectivity index (χ1n) is 8.58. The molecule has 1 aromatic rings. The lowest BCUT2D eigenvalue weighted by Crippen LogP contribution is -2.42. The molecule has 0 radical (unpaired) electrons. The number of amides is 1. The van der Waals surface area contributed by atoms with Crippen molar-refractivity contribution in [1.29, 1.82) is 0 Å². The highest BCUT2D eigenvalue weighted by Gasteiger charge is 2.33. The van der Waals surface area contributed by atoms with Crippen LogP contribution in [0.1, 0.15) is 52.3 Å². The van der Waals surface area contributed by atoms with Gasteiger partial charge in [-0.25, -0.2) is 14.8 Å². The molecule has 25 heavy (non-hydrogen) atoms. The molecule has 1 aromatic heterocycles. The number of nitrogens with zero attached hydrogens (tertiary/aromatic N) is 4. The Morgan fingerprint density at radius 2 is 1.88 bits per heavy atom. The van der Waals surface area contributed by atoms with Crippen LogP contribution in [-0.2, 0) is 17.7 Å². The van der Waals surface area contributed by atoms with E-state index in [1.165, 1.54) is 0 Å². The third kappa shape index (κ3) is 5.21. The van der Waals surface area contributed by atoms with Gasteiger partial charge in [0.15, 0.2) is 0 Å². The summed E-state index contributed by atoms with van der Waals surface area (Å²) in [5.74, 6) is 0.548. The Morgan fingerprint density at radius 1 is 1.24 bits per heavy atom. The Morgan fingerprint density at radius 3 is 2.44 bits per heavy atom. The highest BCUT2D eigenvalue weighted by molar-refractivity contribution is 6.30. The summed E-state index contributed by atoms with van der Waals surface area (Å²) >= 11 is 6.29. The maximum atomic E-state index is 12.6. The third-order valence-corrected chi connectivity index (χ3v) is 4.29. The van der Waals surface area contributed by atoms with Gasteiger partial charge in [-0.2, -0.15) is 0 Å². The summed E-state index contributed by atoms with van der Waals surface area (Å²) in [5.41, 5.74) is 1.28. The molecule has 0 spiro atoms. The van der Waals surface area contributed by atoms with Crippen LogP contribution in [-0.4, -0.2) is 47.2 Å². The van der Waals surface area contributed by atoms with Crippen molar-refractivity contribution >= 4 is 23.6 Å². The fraction of sp³-hybridized carbons (Fsp3) is 0.722. The van der Waals surface area contributed by atoms with Crippen molar-refractivity contribution in [1.82, 2.24) is 14.9 Å². The van der Waals surface area contributed by atoms with Gasteiger partial charge in [-0.15, -0.1) is 0 Å². The molecule has 6 nitrogen and oxygen atoms in total. The standard InChI is InChI=1S/C18H29ClN4O2/c1-17(2,3)11-18(4,5)25-16(24)23-9-8-12-13(10-23)20-15(22(6)7)21-14(12)19/h8-11H2,1-7H3. The lowest BCUT2D eigenvalue weighted by Gasteiger charge is -2.35. The predicted octanol–water partition coefficient (Wildman–Crippen LogP) is 3.91. The molecule has 2 rings (SSSR count). The van der Waals surface area contributed by atoms with Crippen LogP contribution in [0.5, 0.6) is 0 Å². The van der Waals surface area contributed by atoms with E-state index in [0.29, 0.717) is 30.6 Å². The second-order valence-corrected chi connectivity index (χ2v) is 9.03. The van der Waals surface area contributed by atoms with E-state index in [4.69, 9.17) is 16.3 Å². The third-order valence-electron chi connectivity index (χ3n) is 3.98. The molecule has 0 aliphatic carbocycles. The average Bonchev–Trinajstić information content (AvgIpc) is 2.43. The highest BCUT2D eigenvalue weighted by atomic mass is 35.5. The lowest BCUT2D eigenvalue weighted by atomic mass is 9.84. The number of anilines is 1. The Hall–Kier alpha value is -1.56. The zero-order valence-electron chi connectivity index (χ0n) is 16.3. The van der Waals surface area contributed by atoms with Crippen LogP contribution in [0.3, 0.4) is 0 Å². The molecule has 0 aromatic carbocycles. The van der Waals surface area contributed by atoms with Crippen LogP contribution in [0.15, 0.2) is 0 Å². The zero-order chi connectivity index (χ0) is 19.0. The molecule has 1 aliphatic heterocycles. The van der Waals surface area contributed by atoms with Crippen molar-refractivity contribution in [2.24, 2.45) is 5.41 Å². The molecule has 0 saturated carbocycles. The topological polar surface area (TPSA) is 58.6 Å². The van der Waals surface area contributed by atoms with Crippen LogP contribution in [0.2, 0.25) is 5.15 Å². The van der Waals surface area contributed by atoms with Crippen LogP contribution in [0, 0.1) is 5.41 Å². The number of carbonyl (C=O) groups is 1. The number of hydrogen-bond donors (Lipinski definition) is 0. The summed E-state index contributed by atoms with van der Waals surface area (Å²) in [6.07, 6.45) is 1.12. The molecule has 0 fully saturated rings. The summed E-state index contributed by atoms with van der Waals surface area (Å²) in [6, 6.07) is 0. The fourth-order valence-corrected chi connectivity index (χ4v) is 3.62. The van der Waals surface area contributed by atoms with E-state index in [0.717, 1.165) is 17.7 Å². The first-order chi connectivity index (χ1) is 11.4. The molecule has 7 heteroatoms. The van der Waals surface area contributed by atoms with Crippen LogP contribution < -0.4 is 4.90 Å². The monoisotopic (exact) mass is 368 g/mol. The Bertz CT molecular complexity index is 653. The average molecular weight is 369 g/mol. The molecule has 0 atom stereocenters. The first kappa shape index (κ1) is 19.8. The van der Waals surface area contributed by atoms with E-state index in [-0.39, 0.29) is 11.5 Å². The van der Waals surface area contributed by atoms with Gasteiger partial charge in [0.2, 0.25) is 5.95 Å². The van der Waals surface area contributed by atoms with Gasteiger partial charge in [0.05, 0.1) is 12.2 Å². The maximum Gasteiger partial charge on any atom is 0.410 e. The van der Waals surface area contributed by atoms with Crippen LogP contribution >= 0.6 is 11.6 Å². The lowest BCUT2D eigenvalue weighted by molar-refractivity contribution is -0.0118. The van der Waals surface area contributed by atoms with E-state index < -0.39 is 5.60 Å². The van der Waals surface area contributed by atoms with Gasteiger partial charge in [0, 0.05) is 26.2 Å². The zero-order valence-corrected chi connectivity index (χ0v) is 17.1. The number of hydrogen-bond acceptors (Lipinski definition) is 5. The summed E-state index contributed by atoms with van der Waals surface area (Å²) in [7, 11) is 3.73. The molecule has 1 amide bonds. The van der Waals surface area contributed by atoms with E-state index >= 15 is 0 Å². The van der Waals surface area contributed by atoms with Gasteiger partial charge >= 0.3 is 6.09 Å². The number of carbonyl (C=O) groups excluding carboxylic acids is 1. The minimum Gasteiger partial charge on any atom is -0.443 e. The molecular formula is C18H29ClN4O2. The van der Waals surface area contributed by atoms with Crippen molar-refractivity contribution in [2.75, 3.05) is 25.5 Å². The van der Waals surface area contributed by atoms with Gasteiger partial charge in [0.25, 0.3) is 0 Å². The molecule has 0 saturated heterocycles. The van der Waals surface area contributed by atoms with E-state index in [1.54, 1.807) is 9.80 Å². The molecule has 140 valence electrons. The SMILES string of the molecule is CN(C)c1nc(Cl)c2c(n1)CN(C(=O)OC(C)(C)CC(C)(C)C)CC2. The van der Waals surface area contributed by atoms with Crippen molar-refractivity contribution in [3.63, 3.8) is 0 Å². The van der Waals surface area contributed by atoms with Gasteiger partial charge in [-0.05, 0) is 32.1 Å². The fourth-order valence-electron chi connectivity index (χ4n) is 3.34. The molecule has 0 unspecified atom stereocenters. The number of rotatable bonds is 3. The molecule has 1 aliphatic rings. The minimum absolute atomic E-state index is 0.0830. The normalized spacial score (nSPS) is 15.0. The molecule has 0 bridgehead atoms. The van der Waals surface area contributed by atoms with Gasteiger partial charge in [-0.1, -0.05) is 32.4 Å². The second kappa shape index (κ2) is 6.98. The molecule has 2 heterocycles. The smallest absolute Gasteiger partial charge is 0.410 e. The Kier molecular flexibility index (Phi) is 5.52. The van der Waals surface area contributed by atoms with Crippen molar-refractivity contribution < 1.29 is 9.53 Å². The quantitative estimate of drug-likeness (QED) is 0.757.